The Balaban J connectivity index is 2.69. The van der Waals surface area contributed by atoms with Gasteiger partial charge in [-0.05, 0) is 12.1 Å². The number of pyridine rings is 2. The number of aromatic nitrogens is 2. The van der Waals surface area contributed by atoms with Gasteiger partial charge in [-0.25, -0.2) is 0 Å². The highest BCUT2D eigenvalue weighted by atomic mass is 16.1. The van der Waals surface area contributed by atoms with Gasteiger partial charge in [0.15, 0.2) is 0 Å². The minimum atomic E-state index is -0.522. The molecule has 64 valence electrons. The number of rotatable bonds is 1. The predicted octanol–water partition coefficient (Wildman–Crippen LogP) is 0.729. The molecule has 2 heterocycles. The standard InChI is InChI=1S/C9H7N3O/c10-9(13)8-3-7-4-11-2-1-6(7)5-12-8/h1-5H,(H2,10,13). The molecule has 0 aliphatic carbocycles. The second-order valence-corrected chi connectivity index (χ2v) is 2.66. The molecular formula is C9H7N3O. The molecule has 0 unspecified atom stereocenters. The number of primary amides is 1. The molecule has 0 radical (unpaired) electrons. The summed E-state index contributed by atoms with van der Waals surface area (Å²) in [7, 11) is 0. The van der Waals surface area contributed by atoms with Gasteiger partial charge in [0.1, 0.15) is 5.69 Å². The predicted molar refractivity (Wildman–Crippen MR) is 48.1 cm³/mol. The molecule has 0 aromatic carbocycles. The summed E-state index contributed by atoms with van der Waals surface area (Å²) in [5, 5.41) is 1.81. The van der Waals surface area contributed by atoms with Crippen molar-refractivity contribution >= 4 is 16.7 Å². The molecule has 0 saturated carbocycles. The van der Waals surface area contributed by atoms with E-state index in [1.54, 1.807) is 24.7 Å². The highest BCUT2D eigenvalue weighted by Crippen LogP contribution is 2.11. The fourth-order valence-electron chi connectivity index (χ4n) is 1.11. The van der Waals surface area contributed by atoms with Crippen molar-refractivity contribution in [3.63, 3.8) is 0 Å². The van der Waals surface area contributed by atoms with Crippen molar-refractivity contribution < 1.29 is 4.79 Å². The van der Waals surface area contributed by atoms with Crippen LogP contribution in [0.1, 0.15) is 10.5 Å². The van der Waals surface area contributed by atoms with Crippen LogP contribution in [-0.4, -0.2) is 15.9 Å². The van der Waals surface area contributed by atoms with Crippen LogP contribution in [0.2, 0.25) is 0 Å². The molecule has 0 spiro atoms. The van der Waals surface area contributed by atoms with Crippen molar-refractivity contribution in [3.05, 3.63) is 36.4 Å². The number of hydrogen-bond donors (Lipinski definition) is 1. The minimum absolute atomic E-state index is 0.264. The number of hydrogen-bond acceptors (Lipinski definition) is 3. The number of amides is 1. The first-order chi connectivity index (χ1) is 6.27. The van der Waals surface area contributed by atoms with Crippen LogP contribution in [0.3, 0.4) is 0 Å². The van der Waals surface area contributed by atoms with Gasteiger partial charge in [0.05, 0.1) is 0 Å². The molecule has 2 rings (SSSR count). The van der Waals surface area contributed by atoms with Crippen LogP contribution in [0.15, 0.2) is 30.7 Å². The van der Waals surface area contributed by atoms with Gasteiger partial charge in [0.25, 0.3) is 5.91 Å². The molecular weight excluding hydrogens is 166 g/mol. The number of carbonyl (C=O) groups excluding carboxylic acids is 1. The van der Waals surface area contributed by atoms with E-state index < -0.39 is 5.91 Å². The normalized spacial score (nSPS) is 10.2. The summed E-state index contributed by atoms with van der Waals surface area (Å²) in [6, 6.07) is 3.46. The van der Waals surface area contributed by atoms with Crippen LogP contribution in [-0.2, 0) is 0 Å². The Bertz CT molecular complexity index is 467. The van der Waals surface area contributed by atoms with Gasteiger partial charge in [-0.3, -0.25) is 14.8 Å². The van der Waals surface area contributed by atoms with E-state index in [1.165, 1.54) is 0 Å². The topological polar surface area (TPSA) is 68.9 Å². The summed E-state index contributed by atoms with van der Waals surface area (Å²) >= 11 is 0. The molecule has 1 amide bonds. The van der Waals surface area contributed by atoms with E-state index in [-0.39, 0.29) is 5.69 Å². The Labute approximate surface area is 74.4 Å². The second-order valence-electron chi connectivity index (χ2n) is 2.66. The summed E-state index contributed by atoms with van der Waals surface area (Å²) in [5.41, 5.74) is 5.35. The number of nitrogens with zero attached hydrogens (tertiary/aromatic N) is 2. The lowest BCUT2D eigenvalue weighted by atomic mass is 10.2. The van der Waals surface area contributed by atoms with E-state index in [9.17, 15) is 4.79 Å². The first-order valence-corrected chi connectivity index (χ1v) is 3.77. The Hall–Kier alpha value is -1.97. The van der Waals surface area contributed by atoms with Gasteiger partial charge in [0.2, 0.25) is 0 Å². The highest BCUT2D eigenvalue weighted by molar-refractivity contribution is 5.94. The molecule has 0 bridgehead atoms. The summed E-state index contributed by atoms with van der Waals surface area (Å²) in [4.78, 5) is 18.6. The molecule has 13 heavy (non-hydrogen) atoms. The van der Waals surface area contributed by atoms with Gasteiger partial charge < -0.3 is 5.73 Å². The number of fused-ring (bicyclic) bond motifs is 1. The van der Waals surface area contributed by atoms with Crippen molar-refractivity contribution in [1.82, 2.24) is 9.97 Å². The Morgan fingerprint density at radius 1 is 1.31 bits per heavy atom. The first kappa shape index (κ1) is 7.67. The zero-order valence-corrected chi connectivity index (χ0v) is 6.77. The zero-order valence-electron chi connectivity index (χ0n) is 6.77. The van der Waals surface area contributed by atoms with E-state index in [0.29, 0.717) is 0 Å². The lowest BCUT2D eigenvalue weighted by molar-refractivity contribution is 0.0996. The monoisotopic (exact) mass is 173 g/mol. The molecule has 4 nitrogen and oxygen atoms in total. The minimum Gasteiger partial charge on any atom is -0.364 e. The van der Waals surface area contributed by atoms with Gasteiger partial charge in [0, 0.05) is 29.4 Å². The molecule has 2 aromatic rings. The van der Waals surface area contributed by atoms with Crippen molar-refractivity contribution in [2.75, 3.05) is 0 Å². The Kier molecular flexibility index (Phi) is 1.66. The maximum atomic E-state index is 10.8. The van der Waals surface area contributed by atoms with Crippen molar-refractivity contribution in [3.8, 4) is 0 Å². The van der Waals surface area contributed by atoms with E-state index in [0.717, 1.165) is 10.8 Å². The molecule has 2 aromatic heterocycles. The molecule has 4 heteroatoms. The molecule has 0 fully saturated rings. The Morgan fingerprint density at radius 3 is 2.92 bits per heavy atom. The number of nitrogens with two attached hydrogens (primary N) is 1. The quantitative estimate of drug-likeness (QED) is 0.691. The van der Waals surface area contributed by atoms with Gasteiger partial charge in [-0.2, -0.15) is 0 Å². The fraction of sp³-hybridized carbons (Fsp3) is 0. The lowest BCUT2D eigenvalue weighted by Gasteiger charge is -1.97. The Morgan fingerprint density at radius 2 is 2.15 bits per heavy atom. The fourth-order valence-corrected chi connectivity index (χ4v) is 1.11. The van der Waals surface area contributed by atoms with Gasteiger partial charge in [-0.1, -0.05) is 0 Å². The molecule has 0 atom stereocenters. The summed E-state index contributed by atoms with van der Waals surface area (Å²) in [5.74, 6) is -0.522. The van der Waals surface area contributed by atoms with Crippen molar-refractivity contribution in [1.29, 1.82) is 0 Å². The number of carbonyl (C=O) groups is 1. The molecule has 0 aliphatic rings. The van der Waals surface area contributed by atoms with Gasteiger partial charge >= 0.3 is 0 Å². The van der Waals surface area contributed by atoms with E-state index in [2.05, 4.69) is 9.97 Å². The van der Waals surface area contributed by atoms with E-state index >= 15 is 0 Å². The van der Waals surface area contributed by atoms with Crippen LogP contribution < -0.4 is 5.73 Å². The van der Waals surface area contributed by atoms with Crippen molar-refractivity contribution in [2.45, 2.75) is 0 Å². The van der Waals surface area contributed by atoms with Crippen LogP contribution in [0, 0.1) is 0 Å². The SMILES string of the molecule is NC(=O)c1cc2cnccc2cn1. The maximum absolute atomic E-state index is 10.8. The summed E-state index contributed by atoms with van der Waals surface area (Å²) in [6.07, 6.45) is 4.95. The van der Waals surface area contributed by atoms with Crippen molar-refractivity contribution in [2.24, 2.45) is 5.73 Å². The van der Waals surface area contributed by atoms with Gasteiger partial charge in [-0.15, -0.1) is 0 Å². The van der Waals surface area contributed by atoms with E-state index in [1.807, 2.05) is 6.07 Å². The molecule has 2 N–H and O–H groups in total. The third-order valence-electron chi connectivity index (χ3n) is 1.77. The summed E-state index contributed by atoms with van der Waals surface area (Å²) < 4.78 is 0. The largest absolute Gasteiger partial charge is 0.364 e. The van der Waals surface area contributed by atoms with Crippen LogP contribution in [0.5, 0.6) is 0 Å². The summed E-state index contributed by atoms with van der Waals surface area (Å²) in [6.45, 7) is 0. The third-order valence-corrected chi connectivity index (χ3v) is 1.77. The van der Waals surface area contributed by atoms with Crippen LogP contribution in [0.25, 0.3) is 10.8 Å². The maximum Gasteiger partial charge on any atom is 0.267 e. The smallest absolute Gasteiger partial charge is 0.267 e. The average Bonchev–Trinajstić information content (AvgIpc) is 2.17. The lowest BCUT2D eigenvalue weighted by Crippen LogP contribution is -2.12. The van der Waals surface area contributed by atoms with Crippen LogP contribution >= 0.6 is 0 Å². The molecule has 0 saturated heterocycles. The zero-order chi connectivity index (χ0) is 9.26. The first-order valence-electron chi connectivity index (χ1n) is 3.77. The van der Waals surface area contributed by atoms with E-state index in [4.69, 9.17) is 5.73 Å². The third kappa shape index (κ3) is 1.33. The highest BCUT2D eigenvalue weighted by Gasteiger charge is 2.02. The average molecular weight is 173 g/mol. The second kappa shape index (κ2) is 2.82. The molecule has 0 aliphatic heterocycles. The van der Waals surface area contributed by atoms with Crippen LogP contribution in [0.4, 0.5) is 0 Å².